The summed E-state index contributed by atoms with van der Waals surface area (Å²) in [5.74, 6) is -0.914. The largest absolute Gasteiger partial charge is 0.490 e. The predicted octanol–water partition coefficient (Wildman–Crippen LogP) is 7.77. The maximum Gasteiger partial charge on any atom is 0.394 e. The molecule has 50 heavy (non-hydrogen) atoms. The summed E-state index contributed by atoms with van der Waals surface area (Å²) < 4.78 is 72.0. The molecule has 2 saturated carbocycles. The third-order valence-corrected chi connectivity index (χ3v) is 14.1. The van der Waals surface area contributed by atoms with Crippen LogP contribution in [0.4, 0.5) is 18.9 Å². The van der Waals surface area contributed by atoms with Gasteiger partial charge in [-0.3, -0.25) is 9.59 Å². The number of fused-ring (bicyclic) bond motifs is 4. The van der Waals surface area contributed by atoms with E-state index < -0.39 is 45.2 Å². The molecule has 5 atom stereocenters. The fourth-order valence-corrected chi connectivity index (χ4v) is 10.7. The topological polar surface area (TPSA) is 85.3 Å². The summed E-state index contributed by atoms with van der Waals surface area (Å²) in [6.45, 7) is 4.07. The Hall–Kier alpha value is -3.18. The number of carbonyl (C=O) groups is 2. The van der Waals surface area contributed by atoms with Gasteiger partial charge in [-0.1, -0.05) is 35.9 Å². The summed E-state index contributed by atoms with van der Waals surface area (Å²) >= 11 is 0. The van der Waals surface area contributed by atoms with E-state index in [0.29, 0.717) is 43.6 Å². The van der Waals surface area contributed by atoms with E-state index in [1.54, 1.807) is 25.3 Å². The molecule has 7 nitrogen and oxygen atoms in total. The minimum atomic E-state index is -4.50. The van der Waals surface area contributed by atoms with Crippen LogP contribution < -0.4 is 9.64 Å². The number of hydrogen-bond acceptors (Lipinski definition) is 6. The van der Waals surface area contributed by atoms with Crippen LogP contribution in [0, 0.1) is 24.2 Å². The van der Waals surface area contributed by atoms with Crippen LogP contribution in [0.2, 0.25) is 0 Å². The first-order valence-electron chi connectivity index (χ1n) is 18.0. The Kier molecular flexibility index (Phi) is 9.46. The summed E-state index contributed by atoms with van der Waals surface area (Å²) in [5, 5.41) is 0. The molecule has 0 aromatic heterocycles. The highest BCUT2D eigenvalue weighted by atomic mass is 32.2. The average Bonchev–Trinajstić information content (AvgIpc) is 3.86. The highest BCUT2D eigenvalue weighted by Gasteiger charge is 2.63. The van der Waals surface area contributed by atoms with Gasteiger partial charge in [-0.15, -0.1) is 0 Å². The molecule has 2 aromatic rings. The van der Waals surface area contributed by atoms with Gasteiger partial charge in [0.1, 0.15) is 11.5 Å². The maximum absolute atomic E-state index is 14.2. The molecule has 2 bridgehead atoms. The molecule has 2 fully saturated rings. The van der Waals surface area contributed by atoms with Gasteiger partial charge >= 0.3 is 6.18 Å². The number of halogens is 3. The number of anilines is 1. The number of hydrogen-bond donors (Lipinski definition) is 0. The van der Waals surface area contributed by atoms with Gasteiger partial charge in [-0.05, 0) is 106 Å². The fraction of sp³-hybridized carbons (Fsp3) is 0.590. The summed E-state index contributed by atoms with van der Waals surface area (Å²) in [6, 6.07) is 11.9. The first-order valence-corrected chi connectivity index (χ1v) is 19.8. The summed E-state index contributed by atoms with van der Waals surface area (Å²) in [5.41, 5.74) is 2.59. The van der Waals surface area contributed by atoms with Gasteiger partial charge < -0.3 is 14.4 Å². The van der Waals surface area contributed by atoms with Crippen LogP contribution in [0.25, 0.3) is 0 Å². The number of alkyl halides is 3. The minimum Gasteiger partial charge on any atom is -0.490 e. The van der Waals surface area contributed by atoms with E-state index in [2.05, 4.69) is 40.5 Å². The number of ether oxygens (including phenoxy) is 2. The first-order chi connectivity index (χ1) is 23.8. The Labute approximate surface area is 293 Å². The number of ketones is 1. The van der Waals surface area contributed by atoms with Crippen LogP contribution >= 0.6 is 0 Å². The van der Waals surface area contributed by atoms with Crippen molar-refractivity contribution >= 4 is 27.1 Å². The molecule has 0 unspecified atom stereocenters. The van der Waals surface area contributed by atoms with Crippen LogP contribution in [-0.4, -0.2) is 66.5 Å². The fourth-order valence-electron chi connectivity index (χ4n) is 8.74. The Morgan fingerprint density at radius 2 is 1.94 bits per heavy atom. The summed E-state index contributed by atoms with van der Waals surface area (Å²) in [6.07, 6.45) is 4.49. The van der Waals surface area contributed by atoms with Gasteiger partial charge in [-0.25, -0.2) is 4.21 Å². The number of carbonyl (C=O) groups excluding carboxylic acids is 2. The van der Waals surface area contributed by atoms with E-state index in [1.165, 1.54) is 16.7 Å². The molecular weight excluding hydrogens is 665 g/mol. The molecule has 7 rings (SSSR count). The van der Waals surface area contributed by atoms with Crippen LogP contribution in [0.15, 0.2) is 52.9 Å². The second-order valence-electron chi connectivity index (χ2n) is 15.4. The van der Waals surface area contributed by atoms with Crippen molar-refractivity contribution in [2.45, 2.75) is 88.8 Å². The molecule has 2 aromatic carbocycles. The normalized spacial score (nSPS) is 31.3. The molecule has 1 spiro atoms. The van der Waals surface area contributed by atoms with Gasteiger partial charge in [0.25, 0.3) is 5.91 Å². The number of amides is 1. The van der Waals surface area contributed by atoms with Crippen molar-refractivity contribution < 1.29 is 36.4 Å². The lowest BCUT2D eigenvalue weighted by Crippen LogP contribution is -2.49. The SMILES string of the molecule is CO[C@H]1/C=C/CCC[S@@](=O)(CC(=O)CC2(C(F)(F)F)CC2)=NC(=O)c2ccc3c(c2)N(C[C@@H]2CC[C@H]21)C[C@@]1(CCCc2cc(C)ccc21)CO3. The molecule has 0 radical (unpaired) electrons. The lowest BCUT2D eigenvalue weighted by molar-refractivity contribution is -0.189. The number of allylic oxidation sites excluding steroid dienone is 1. The van der Waals surface area contributed by atoms with Crippen molar-refractivity contribution in [2.75, 3.05) is 43.2 Å². The zero-order valence-corrected chi connectivity index (χ0v) is 29.8. The number of methoxy groups -OCH3 is 1. The van der Waals surface area contributed by atoms with Gasteiger partial charge in [0.2, 0.25) is 0 Å². The molecule has 3 aliphatic carbocycles. The van der Waals surface area contributed by atoms with Crippen molar-refractivity contribution in [1.29, 1.82) is 0 Å². The highest BCUT2D eigenvalue weighted by molar-refractivity contribution is 7.94. The lowest BCUT2D eigenvalue weighted by atomic mass is 9.68. The number of Topliss-reactive ketones (excluding diaryl/α,β-unsaturated/α-hetero) is 1. The molecular formula is C39H47F3N2O5S. The maximum atomic E-state index is 14.2. The standard InChI is InChI=1S/C39H47F3N2O5S/c1-26-9-13-32-27(19-26)7-6-15-37(32)24-44-22-29-10-12-31(29)34(48-2)8-4-3-5-18-50(47,23-30(45)21-38(16-17-38)39(40,41)42)43-36(46)28-11-14-35(49-25-37)33(44)20-28/h4,8-9,11,13-14,19-20,29,31,34H,3,5-7,10,12,15-18,21-25H2,1-2H3/b8-4+/t29-,31+,34-,37-,50+/m0/s1. The summed E-state index contributed by atoms with van der Waals surface area (Å²) in [7, 11) is -1.77. The smallest absolute Gasteiger partial charge is 0.394 e. The Bertz CT molecular complexity index is 1810. The van der Waals surface area contributed by atoms with Crippen molar-refractivity contribution in [3.8, 4) is 5.75 Å². The zero-order valence-electron chi connectivity index (χ0n) is 28.9. The minimum absolute atomic E-state index is 0.0703. The Morgan fingerprint density at radius 3 is 2.66 bits per heavy atom. The number of nitrogens with zero attached hydrogens (tertiary/aromatic N) is 2. The van der Waals surface area contributed by atoms with Crippen LogP contribution in [0.5, 0.6) is 5.75 Å². The Balaban J connectivity index is 1.26. The van der Waals surface area contributed by atoms with E-state index in [1.807, 2.05) is 6.08 Å². The first kappa shape index (κ1) is 35.2. The van der Waals surface area contributed by atoms with E-state index >= 15 is 0 Å². The van der Waals surface area contributed by atoms with Gasteiger partial charge in [0.15, 0.2) is 0 Å². The van der Waals surface area contributed by atoms with E-state index in [0.717, 1.165) is 44.3 Å². The zero-order chi connectivity index (χ0) is 35.3. The molecule has 2 aliphatic heterocycles. The van der Waals surface area contributed by atoms with Gasteiger partial charge in [-0.2, -0.15) is 17.5 Å². The van der Waals surface area contributed by atoms with Crippen LogP contribution in [-0.2, 0) is 31.1 Å². The van der Waals surface area contributed by atoms with Crippen LogP contribution in [0.3, 0.4) is 0 Å². The van der Waals surface area contributed by atoms with Gasteiger partial charge in [0.05, 0.1) is 39.3 Å². The molecule has 1 amide bonds. The van der Waals surface area contributed by atoms with Crippen LogP contribution in [0.1, 0.15) is 84.8 Å². The second-order valence-corrected chi connectivity index (χ2v) is 17.9. The molecule has 5 aliphatic rings. The van der Waals surface area contributed by atoms with Crippen molar-refractivity contribution in [3.05, 3.63) is 70.8 Å². The van der Waals surface area contributed by atoms with E-state index in [9.17, 15) is 27.0 Å². The average molecular weight is 713 g/mol. The second kappa shape index (κ2) is 13.4. The van der Waals surface area contributed by atoms with Crippen molar-refractivity contribution in [1.82, 2.24) is 0 Å². The van der Waals surface area contributed by atoms with Crippen molar-refractivity contribution in [2.24, 2.45) is 21.6 Å². The molecule has 270 valence electrons. The monoisotopic (exact) mass is 712 g/mol. The third-order valence-electron chi connectivity index (χ3n) is 11.9. The van der Waals surface area contributed by atoms with Crippen molar-refractivity contribution in [3.63, 3.8) is 0 Å². The summed E-state index contributed by atoms with van der Waals surface area (Å²) in [4.78, 5) is 29.2. The number of rotatable bonds is 5. The molecule has 0 saturated heterocycles. The lowest BCUT2D eigenvalue weighted by Gasteiger charge is -2.46. The third kappa shape index (κ3) is 6.88. The molecule has 11 heteroatoms. The highest BCUT2D eigenvalue weighted by Crippen LogP contribution is 2.60. The van der Waals surface area contributed by atoms with E-state index in [4.69, 9.17) is 9.47 Å². The van der Waals surface area contributed by atoms with Gasteiger partial charge in [0, 0.05) is 43.4 Å². The number of benzene rings is 2. The Morgan fingerprint density at radius 1 is 1.12 bits per heavy atom. The molecule has 2 heterocycles. The predicted molar refractivity (Wildman–Crippen MR) is 187 cm³/mol. The quantitative estimate of drug-likeness (QED) is 0.295. The number of aryl methyl sites for hydroxylation is 2. The molecule has 0 N–H and O–H groups in total. The van der Waals surface area contributed by atoms with E-state index in [-0.39, 0.29) is 35.7 Å².